The number of nitrogens with one attached hydrogen (secondary N) is 1. The van der Waals surface area contributed by atoms with Gasteiger partial charge in [0.25, 0.3) is 0 Å². The van der Waals surface area contributed by atoms with E-state index in [0.717, 1.165) is 27.3 Å². The van der Waals surface area contributed by atoms with Gasteiger partial charge in [0.15, 0.2) is 0 Å². The van der Waals surface area contributed by atoms with Crippen molar-refractivity contribution in [3.8, 4) is 5.75 Å². The second kappa shape index (κ2) is 5.24. The topological polar surface area (TPSA) is 45.2 Å². The predicted octanol–water partition coefficient (Wildman–Crippen LogP) is 3.09. The second-order valence-corrected chi connectivity index (χ2v) is 5.26. The molecule has 0 radical (unpaired) electrons. The molecule has 22 heavy (non-hydrogen) atoms. The van der Waals surface area contributed by atoms with Crippen molar-refractivity contribution >= 4 is 34.4 Å². The number of fused-ring (bicyclic) bond motifs is 3. The summed E-state index contributed by atoms with van der Waals surface area (Å²) in [6, 6.07) is 23.3. The van der Waals surface area contributed by atoms with Gasteiger partial charge in [0.05, 0.1) is 0 Å². The van der Waals surface area contributed by atoms with Crippen LogP contribution in [0.2, 0.25) is 0 Å². The van der Waals surface area contributed by atoms with E-state index in [1.165, 1.54) is 0 Å². The maximum atomic E-state index is 10.3. The lowest BCUT2D eigenvalue weighted by molar-refractivity contribution is 0.433. The maximum Gasteiger partial charge on any atom is 0.560 e. The SMILES string of the molecule is OB(Oc1ccccc1)c1ccc2[nH]c3ccccc3c2c1. The zero-order valence-electron chi connectivity index (χ0n) is 11.9. The zero-order chi connectivity index (χ0) is 14.9. The third-order valence-corrected chi connectivity index (χ3v) is 3.81. The number of para-hydroxylation sites is 2. The lowest BCUT2D eigenvalue weighted by Gasteiger charge is -2.10. The molecule has 106 valence electrons. The molecule has 0 amide bonds. The molecule has 1 aromatic heterocycles. The van der Waals surface area contributed by atoms with Crippen molar-refractivity contribution in [3.63, 3.8) is 0 Å². The Kier molecular flexibility index (Phi) is 3.09. The summed E-state index contributed by atoms with van der Waals surface area (Å²) in [5.41, 5.74) is 2.88. The molecule has 4 aromatic rings. The number of aromatic nitrogens is 1. The summed E-state index contributed by atoms with van der Waals surface area (Å²) < 4.78 is 5.58. The molecule has 3 nitrogen and oxygen atoms in total. The van der Waals surface area contributed by atoms with E-state index in [-0.39, 0.29) is 0 Å². The summed E-state index contributed by atoms with van der Waals surface area (Å²) in [6.07, 6.45) is 0. The highest BCUT2D eigenvalue weighted by molar-refractivity contribution is 6.61. The highest BCUT2D eigenvalue weighted by Gasteiger charge is 2.19. The molecule has 1 heterocycles. The van der Waals surface area contributed by atoms with Crippen molar-refractivity contribution in [2.45, 2.75) is 0 Å². The molecule has 2 N–H and O–H groups in total. The van der Waals surface area contributed by atoms with Crippen LogP contribution in [0.3, 0.4) is 0 Å². The third kappa shape index (κ3) is 2.24. The fourth-order valence-corrected chi connectivity index (χ4v) is 2.72. The van der Waals surface area contributed by atoms with Gasteiger partial charge < -0.3 is 14.7 Å². The molecule has 0 spiro atoms. The number of H-pyrrole nitrogens is 1. The Morgan fingerprint density at radius 3 is 2.36 bits per heavy atom. The van der Waals surface area contributed by atoms with E-state index in [2.05, 4.69) is 11.1 Å². The van der Waals surface area contributed by atoms with Crippen LogP contribution in [0.15, 0.2) is 72.8 Å². The first-order valence-corrected chi connectivity index (χ1v) is 7.21. The highest BCUT2D eigenvalue weighted by atomic mass is 16.5. The van der Waals surface area contributed by atoms with E-state index in [9.17, 15) is 5.02 Å². The molecule has 0 aliphatic carbocycles. The smallest absolute Gasteiger partial charge is 0.532 e. The van der Waals surface area contributed by atoms with Crippen LogP contribution >= 0.6 is 0 Å². The van der Waals surface area contributed by atoms with Crippen LogP contribution in [-0.2, 0) is 0 Å². The summed E-state index contributed by atoms with van der Waals surface area (Å²) in [6.45, 7) is 0. The van der Waals surface area contributed by atoms with Crippen LogP contribution in [0.5, 0.6) is 5.75 Å². The van der Waals surface area contributed by atoms with Crippen molar-refractivity contribution in [2.75, 3.05) is 0 Å². The fourth-order valence-electron chi connectivity index (χ4n) is 2.72. The van der Waals surface area contributed by atoms with Crippen molar-refractivity contribution in [2.24, 2.45) is 0 Å². The second-order valence-electron chi connectivity index (χ2n) is 5.26. The quantitative estimate of drug-likeness (QED) is 0.569. The third-order valence-electron chi connectivity index (χ3n) is 3.81. The number of hydrogen-bond donors (Lipinski definition) is 2. The minimum atomic E-state index is -0.986. The Bertz CT molecular complexity index is 934. The molecule has 0 saturated heterocycles. The minimum absolute atomic E-state index is 0.647. The van der Waals surface area contributed by atoms with Gasteiger partial charge in [-0.25, -0.2) is 0 Å². The van der Waals surface area contributed by atoms with Crippen molar-refractivity contribution in [3.05, 3.63) is 72.8 Å². The van der Waals surface area contributed by atoms with Crippen molar-refractivity contribution in [1.29, 1.82) is 0 Å². The molecule has 0 aliphatic heterocycles. The van der Waals surface area contributed by atoms with Gasteiger partial charge in [0.2, 0.25) is 0 Å². The van der Waals surface area contributed by atoms with Crippen LogP contribution in [0, 0.1) is 0 Å². The molecule has 4 heteroatoms. The summed E-state index contributed by atoms with van der Waals surface area (Å²) >= 11 is 0. The van der Waals surface area contributed by atoms with Gasteiger partial charge >= 0.3 is 7.12 Å². The molecule has 0 saturated carbocycles. The Morgan fingerprint density at radius 2 is 1.50 bits per heavy atom. The predicted molar refractivity (Wildman–Crippen MR) is 90.5 cm³/mol. The summed E-state index contributed by atoms with van der Waals surface area (Å²) in [4.78, 5) is 3.37. The highest BCUT2D eigenvalue weighted by Crippen LogP contribution is 2.24. The van der Waals surface area contributed by atoms with Crippen molar-refractivity contribution < 1.29 is 9.68 Å². The van der Waals surface area contributed by atoms with Crippen LogP contribution in [0.4, 0.5) is 0 Å². The first-order chi connectivity index (χ1) is 10.8. The summed E-state index contributed by atoms with van der Waals surface area (Å²) in [7, 11) is -0.986. The van der Waals surface area contributed by atoms with Crippen LogP contribution in [0.25, 0.3) is 21.8 Å². The Labute approximate surface area is 128 Å². The largest absolute Gasteiger partial charge is 0.560 e. The molecule has 0 bridgehead atoms. The normalized spacial score (nSPS) is 11.0. The fraction of sp³-hybridized carbons (Fsp3) is 0. The average molecular weight is 287 g/mol. The van der Waals surface area contributed by atoms with Gasteiger partial charge in [-0.3, -0.25) is 0 Å². The molecule has 0 fully saturated rings. The lowest BCUT2D eigenvalue weighted by Crippen LogP contribution is -2.36. The average Bonchev–Trinajstić information content (AvgIpc) is 2.93. The van der Waals surface area contributed by atoms with E-state index < -0.39 is 7.12 Å². The van der Waals surface area contributed by atoms with E-state index in [4.69, 9.17) is 4.65 Å². The van der Waals surface area contributed by atoms with E-state index in [1.54, 1.807) is 0 Å². The monoisotopic (exact) mass is 287 g/mol. The van der Waals surface area contributed by atoms with Gasteiger partial charge in [0, 0.05) is 21.8 Å². The first-order valence-electron chi connectivity index (χ1n) is 7.21. The zero-order valence-corrected chi connectivity index (χ0v) is 11.9. The standard InChI is InChI=1S/C18H14BNO2/c21-19(22-14-6-2-1-3-7-14)13-10-11-18-16(12-13)15-8-4-5-9-17(15)20-18/h1-12,20-21H. The minimum Gasteiger partial charge on any atom is -0.532 e. The molecular formula is C18H14BNO2. The molecule has 3 aromatic carbocycles. The van der Waals surface area contributed by atoms with Gasteiger partial charge in [-0.2, -0.15) is 0 Å². The van der Waals surface area contributed by atoms with E-state index >= 15 is 0 Å². The van der Waals surface area contributed by atoms with Gasteiger partial charge in [-0.1, -0.05) is 48.5 Å². The van der Waals surface area contributed by atoms with Gasteiger partial charge in [0.1, 0.15) is 5.75 Å². The van der Waals surface area contributed by atoms with Crippen LogP contribution in [-0.4, -0.2) is 17.1 Å². The molecule has 4 rings (SSSR count). The number of benzene rings is 3. The Morgan fingerprint density at radius 1 is 0.773 bits per heavy atom. The van der Waals surface area contributed by atoms with Crippen LogP contribution < -0.4 is 10.1 Å². The maximum absolute atomic E-state index is 10.3. The van der Waals surface area contributed by atoms with Gasteiger partial charge in [-0.15, -0.1) is 0 Å². The van der Waals surface area contributed by atoms with Crippen molar-refractivity contribution in [1.82, 2.24) is 4.98 Å². The number of rotatable bonds is 3. The molecule has 0 unspecified atom stereocenters. The first kappa shape index (κ1) is 13.0. The molecule has 0 atom stereocenters. The van der Waals surface area contributed by atoms with E-state index in [1.807, 2.05) is 66.7 Å². The summed E-state index contributed by atoms with van der Waals surface area (Å²) in [5.74, 6) is 0.647. The molecule has 0 aliphatic rings. The number of aromatic amines is 1. The Hall–Kier alpha value is -2.72. The van der Waals surface area contributed by atoms with Crippen LogP contribution in [0.1, 0.15) is 0 Å². The molecular weight excluding hydrogens is 273 g/mol. The Balaban J connectivity index is 1.74. The lowest BCUT2D eigenvalue weighted by atomic mass is 9.79. The van der Waals surface area contributed by atoms with E-state index in [0.29, 0.717) is 5.75 Å². The van der Waals surface area contributed by atoms with Gasteiger partial charge in [-0.05, 0) is 29.7 Å². The number of hydrogen-bond acceptors (Lipinski definition) is 2. The summed E-state index contributed by atoms with van der Waals surface area (Å²) in [5, 5.41) is 12.5.